The van der Waals surface area contributed by atoms with E-state index in [0.717, 1.165) is 0 Å². The fourth-order valence-corrected chi connectivity index (χ4v) is 0.983. The van der Waals surface area contributed by atoms with Gasteiger partial charge in [-0.15, -0.1) is 0 Å². The second kappa shape index (κ2) is 4.50. The van der Waals surface area contributed by atoms with Gasteiger partial charge < -0.3 is 5.32 Å². The van der Waals surface area contributed by atoms with Gasteiger partial charge in [0.15, 0.2) is 0 Å². The Balaban J connectivity index is 2.79. The average Bonchev–Trinajstić information content (AvgIpc) is 2.64. The van der Waals surface area contributed by atoms with E-state index < -0.39 is 18.3 Å². The fourth-order valence-electron chi connectivity index (χ4n) is 0.983. The number of aryl methyl sites for hydroxylation is 1. The summed E-state index contributed by atoms with van der Waals surface area (Å²) in [4.78, 5) is 10.9. The first-order valence-corrected chi connectivity index (χ1v) is 4.39. The molecule has 0 atom stereocenters. The van der Waals surface area contributed by atoms with Crippen LogP contribution in [0.25, 0.3) is 0 Å². The Labute approximate surface area is 88.0 Å². The fraction of sp³-hybridized carbons (Fsp3) is 0.500. The lowest BCUT2D eigenvalue weighted by atomic mass is 10.2. The van der Waals surface area contributed by atoms with Gasteiger partial charge in [-0.3, -0.25) is 9.89 Å². The van der Waals surface area contributed by atoms with Gasteiger partial charge in [0.25, 0.3) is 0 Å². The normalized spacial score (nSPS) is 11.9. The Morgan fingerprint density at radius 1 is 1.62 bits per heavy atom. The van der Waals surface area contributed by atoms with Gasteiger partial charge in [-0.25, -0.2) is 8.78 Å². The second-order valence-corrected chi connectivity index (χ2v) is 3.00. The molecule has 1 amide bonds. The van der Waals surface area contributed by atoms with Crippen molar-refractivity contribution < 1.29 is 22.4 Å². The number of aromatic nitrogens is 2. The summed E-state index contributed by atoms with van der Waals surface area (Å²) in [7, 11) is 0. The molecule has 0 aliphatic carbocycles. The van der Waals surface area contributed by atoms with Gasteiger partial charge in [0.1, 0.15) is 5.82 Å². The van der Waals surface area contributed by atoms with E-state index in [1.165, 1.54) is 6.20 Å². The molecule has 0 aromatic carbocycles. The number of anilines is 1. The maximum atomic E-state index is 12.6. The number of hydrogen-bond donors (Lipinski definition) is 2. The molecule has 0 fully saturated rings. The van der Waals surface area contributed by atoms with E-state index in [2.05, 4.69) is 10.2 Å². The van der Waals surface area contributed by atoms with Crippen molar-refractivity contribution in [3.8, 4) is 0 Å². The number of nitrogens with zero attached hydrogens (tertiary/aromatic N) is 1. The van der Waals surface area contributed by atoms with E-state index in [9.17, 15) is 22.4 Å². The van der Waals surface area contributed by atoms with E-state index in [1.807, 2.05) is 0 Å². The first kappa shape index (κ1) is 12.5. The first-order chi connectivity index (χ1) is 7.39. The van der Waals surface area contributed by atoms with Crippen LogP contribution in [0.1, 0.15) is 12.5 Å². The van der Waals surface area contributed by atoms with Gasteiger partial charge >= 0.3 is 18.3 Å². The number of carbonyl (C=O) groups excluding carboxylic acids is 1. The van der Waals surface area contributed by atoms with E-state index in [1.54, 1.807) is 12.2 Å². The number of rotatable bonds is 4. The molecular formula is C8H9F4N3O. The molecule has 1 aromatic heterocycles. The first-order valence-electron chi connectivity index (χ1n) is 4.39. The molecule has 0 aliphatic heterocycles. The summed E-state index contributed by atoms with van der Waals surface area (Å²) < 4.78 is 48.8. The van der Waals surface area contributed by atoms with Crippen molar-refractivity contribution in [3.05, 3.63) is 11.8 Å². The highest BCUT2D eigenvalue weighted by atomic mass is 19.3. The molecule has 0 radical (unpaired) electrons. The lowest BCUT2D eigenvalue weighted by Gasteiger charge is -2.14. The summed E-state index contributed by atoms with van der Waals surface area (Å²) in [5.41, 5.74) is 0.457. The summed E-state index contributed by atoms with van der Waals surface area (Å²) >= 11 is 0. The van der Waals surface area contributed by atoms with Crippen molar-refractivity contribution in [1.82, 2.24) is 10.2 Å². The third-order valence-corrected chi connectivity index (χ3v) is 1.91. The summed E-state index contributed by atoms with van der Waals surface area (Å²) in [6, 6.07) is 0. The lowest BCUT2D eigenvalue weighted by molar-refractivity contribution is -0.163. The Morgan fingerprint density at radius 3 is 2.75 bits per heavy atom. The van der Waals surface area contributed by atoms with E-state index in [4.69, 9.17) is 0 Å². The van der Waals surface area contributed by atoms with Crippen LogP contribution in [0.5, 0.6) is 0 Å². The zero-order valence-corrected chi connectivity index (χ0v) is 8.23. The average molecular weight is 239 g/mol. The summed E-state index contributed by atoms with van der Waals surface area (Å²) in [5.74, 6) is -6.86. The summed E-state index contributed by atoms with van der Waals surface area (Å²) in [5, 5.41) is 7.42. The molecule has 1 heterocycles. The number of aromatic amines is 1. The van der Waals surface area contributed by atoms with Crippen LogP contribution in [0.3, 0.4) is 0 Å². The number of nitrogens with one attached hydrogen (secondary N) is 2. The van der Waals surface area contributed by atoms with Crippen molar-refractivity contribution in [2.45, 2.75) is 25.7 Å². The van der Waals surface area contributed by atoms with E-state index in [-0.39, 0.29) is 5.82 Å². The Morgan fingerprint density at radius 2 is 2.25 bits per heavy atom. The SMILES string of the molecule is CCc1cn[nH]c1NC(=O)C(F)(F)C(F)F. The van der Waals surface area contributed by atoms with E-state index in [0.29, 0.717) is 12.0 Å². The third-order valence-electron chi connectivity index (χ3n) is 1.91. The quantitative estimate of drug-likeness (QED) is 0.787. The molecular weight excluding hydrogens is 230 g/mol. The molecule has 1 rings (SSSR count). The molecule has 0 spiro atoms. The van der Waals surface area contributed by atoms with Gasteiger partial charge in [0.2, 0.25) is 0 Å². The minimum absolute atomic E-state index is 0.0900. The van der Waals surface area contributed by atoms with Crippen LogP contribution in [0.4, 0.5) is 23.4 Å². The highest BCUT2D eigenvalue weighted by Gasteiger charge is 2.49. The van der Waals surface area contributed by atoms with Gasteiger partial charge in [0.05, 0.1) is 6.20 Å². The zero-order valence-electron chi connectivity index (χ0n) is 8.23. The number of amides is 1. The molecule has 0 unspecified atom stereocenters. The van der Waals surface area contributed by atoms with Gasteiger partial charge in [-0.05, 0) is 6.42 Å². The molecule has 1 aromatic rings. The predicted octanol–water partition coefficient (Wildman–Crippen LogP) is 1.81. The monoisotopic (exact) mass is 239 g/mol. The van der Waals surface area contributed by atoms with Gasteiger partial charge in [-0.1, -0.05) is 6.92 Å². The maximum absolute atomic E-state index is 12.6. The molecule has 2 N–H and O–H groups in total. The minimum Gasteiger partial charge on any atom is -0.305 e. The van der Waals surface area contributed by atoms with Crippen molar-refractivity contribution in [3.63, 3.8) is 0 Å². The van der Waals surface area contributed by atoms with Gasteiger partial charge in [0, 0.05) is 5.56 Å². The Hall–Kier alpha value is -1.60. The topological polar surface area (TPSA) is 57.8 Å². The number of H-pyrrole nitrogens is 1. The van der Waals surface area contributed by atoms with Crippen molar-refractivity contribution in [2.24, 2.45) is 0 Å². The Kier molecular flexibility index (Phi) is 3.51. The maximum Gasteiger partial charge on any atom is 0.383 e. The van der Waals surface area contributed by atoms with Crippen molar-refractivity contribution in [1.29, 1.82) is 0 Å². The molecule has 0 aliphatic rings. The van der Waals surface area contributed by atoms with Crippen molar-refractivity contribution in [2.75, 3.05) is 5.32 Å². The van der Waals surface area contributed by atoms with E-state index >= 15 is 0 Å². The predicted molar refractivity (Wildman–Crippen MR) is 47.5 cm³/mol. The van der Waals surface area contributed by atoms with Crippen LogP contribution >= 0.6 is 0 Å². The molecule has 0 saturated carbocycles. The van der Waals surface area contributed by atoms with Crippen LogP contribution in [0, 0.1) is 0 Å². The molecule has 16 heavy (non-hydrogen) atoms. The smallest absolute Gasteiger partial charge is 0.305 e. The van der Waals surface area contributed by atoms with Crippen LogP contribution < -0.4 is 5.32 Å². The molecule has 8 heteroatoms. The minimum atomic E-state index is -4.71. The van der Waals surface area contributed by atoms with Crippen LogP contribution in [-0.2, 0) is 11.2 Å². The third kappa shape index (κ3) is 2.31. The number of hydrogen-bond acceptors (Lipinski definition) is 2. The molecule has 0 saturated heterocycles. The second-order valence-electron chi connectivity index (χ2n) is 3.00. The van der Waals surface area contributed by atoms with Crippen LogP contribution in [0.2, 0.25) is 0 Å². The highest BCUT2D eigenvalue weighted by molar-refractivity contribution is 5.96. The van der Waals surface area contributed by atoms with Crippen LogP contribution in [0.15, 0.2) is 6.20 Å². The molecule has 4 nitrogen and oxygen atoms in total. The van der Waals surface area contributed by atoms with Crippen molar-refractivity contribution >= 4 is 11.7 Å². The number of carbonyl (C=O) groups is 1. The highest BCUT2D eigenvalue weighted by Crippen LogP contribution is 2.25. The lowest BCUT2D eigenvalue weighted by Crippen LogP contribution is -2.41. The molecule has 90 valence electrons. The Bertz CT molecular complexity index is 377. The standard InChI is InChI=1S/C8H9F4N3O/c1-2-4-3-13-15-5(4)14-7(16)8(11,12)6(9)10/h3,6H,2H2,1H3,(H2,13,14,15,16). The number of halogens is 4. The molecule has 0 bridgehead atoms. The summed E-state index contributed by atoms with van der Waals surface area (Å²) in [6.45, 7) is 1.70. The largest absolute Gasteiger partial charge is 0.383 e. The van der Waals surface area contributed by atoms with Crippen LogP contribution in [-0.4, -0.2) is 28.5 Å². The van der Waals surface area contributed by atoms with Gasteiger partial charge in [-0.2, -0.15) is 13.9 Å². The summed E-state index contributed by atoms with van der Waals surface area (Å²) in [6.07, 6.45) is -2.30. The number of alkyl halides is 4. The zero-order chi connectivity index (χ0) is 12.3.